The predicted octanol–water partition coefficient (Wildman–Crippen LogP) is 2.93. The molecule has 0 spiro atoms. The highest BCUT2D eigenvalue weighted by atomic mass is 32.2. The molecule has 0 saturated carbocycles. The van der Waals surface area contributed by atoms with E-state index >= 15 is 0 Å². The van der Waals surface area contributed by atoms with E-state index in [9.17, 15) is 18.0 Å². The number of rotatable bonds is 4. The molecule has 2 aliphatic heterocycles. The number of hydrogen-bond acceptors (Lipinski definition) is 4. The van der Waals surface area contributed by atoms with E-state index in [1.807, 2.05) is 0 Å². The summed E-state index contributed by atoms with van der Waals surface area (Å²) in [6, 6.07) is 6.78. The molecule has 2 aliphatic rings. The van der Waals surface area contributed by atoms with Crippen molar-refractivity contribution in [1.29, 1.82) is 0 Å². The normalized spacial score (nSPS) is 23.5. The third-order valence-electron chi connectivity index (χ3n) is 6.84. The molecule has 4 rings (SSSR count). The summed E-state index contributed by atoms with van der Waals surface area (Å²) in [5.74, 6) is 1.18. The number of pyridine rings is 1. The van der Waals surface area contributed by atoms with Crippen molar-refractivity contribution in [3.8, 4) is 0 Å². The average Bonchev–Trinajstić information content (AvgIpc) is 2.75. The lowest BCUT2D eigenvalue weighted by Gasteiger charge is -2.35. The van der Waals surface area contributed by atoms with Crippen molar-refractivity contribution >= 4 is 26.7 Å². The molecule has 1 aromatic heterocycles. The molecule has 0 radical (unpaired) electrons. The highest BCUT2D eigenvalue weighted by Crippen LogP contribution is 2.28. The van der Waals surface area contributed by atoms with Gasteiger partial charge >= 0.3 is 0 Å². The molecule has 0 aliphatic carbocycles. The highest BCUT2D eigenvalue weighted by molar-refractivity contribution is 7.89. The molecule has 174 valence electrons. The smallest absolute Gasteiger partial charge is 0.258 e. The van der Waals surface area contributed by atoms with E-state index in [-0.39, 0.29) is 22.9 Å². The summed E-state index contributed by atoms with van der Waals surface area (Å²) in [6.07, 6.45) is 4.10. The molecule has 2 fully saturated rings. The van der Waals surface area contributed by atoms with Crippen LogP contribution < -0.4 is 5.56 Å². The molecule has 0 N–H and O–H groups in total. The van der Waals surface area contributed by atoms with E-state index < -0.39 is 10.0 Å². The second kappa shape index (κ2) is 8.98. The molecule has 2 aromatic rings. The topological polar surface area (TPSA) is 79.7 Å². The Kier molecular flexibility index (Phi) is 6.45. The summed E-state index contributed by atoms with van der Waals surface area (Å²) < 4.78 is 29.9. The van der Waals surface area contributed by atoms with Gasteiger partial charge in [0, 0.05) is 43.1 Å². The number of carbonyl (C=O) groups excluding carboxylic acids is 1. The quantitative estimate of drug-likeness (QED) is 0.704. The second-order valence-corrected chi connectivity index (χ2v) is 11.7. The van der Waals surface area contributed by atoms with E-state index in [0.717, 1.165) is 19.3 Å². The standard InChI is InChI=1S/C24H33N3O4S/c1-17-8-10-27(11-9-17)32(30,31)22-15-26(24(29)21-7-5-4-6-20(21)22)16-23(28)25-13-18(2)12-19(3)14-25/h4-7,15,17-19H,8-14,16H2,1-3H3/t18-,19-/m1/s1. The van der Waals surface area contributed by atoms with Gasteiger partial charge < -0.3 is 9.47 Å². The first-order chi connectivity index (χ1) is 15.2. The van der Waals surface area contributed by atoms with Gasteiger partial charge in [0.2, 0.25) is 15.9 Å². The van der Waals surface area contributed by atoms with E-state index in [1.165, 1.54) is 15.1 Å². The number of piperidine rings is 2. The van der Waals surface area contributed by atoms with Crippen LogP contribution in [0.3, 0.4) is 0 Å². The van der Waals surface area contributed by atoms with Gasteiger partial charge in [0.15, 0.2) is 0 Å². The lowest BCUT2D eigenvalue weighted by molar-refractivity contribution is -0.134. The number of likely N-dealkylation sites (tertiary alicyclic amines) is 1. The SMILES string of the molecule is CC1CCN(S(=O)(=O)c2cn(CC(=O)N3C[C@H](C)C[C@@H](C)C3)c(=O)c3ccccc23)CC1. The Balaban J connectivity index is 1.72. The number of amides is 1. The van der Waals surface area contributed by atoms with Crippen LogP contribution in [0.25, 0.3) is 10.8 Å². The molecule has 7 nitrogen and oxygen atoms in total. The molecule has 8 heteroatoms. The number of carbonyl (C=O) groups is 1. The summed E-state index contributed by atoms with van der Waals surface area (Å²) >= 11 is 0. The van der Waals surface area contributed by atoms with Crippen molar-refractivity contribution in [2.45, 2.75) is 51.5 Å². The Morgan fingerprint density at radius 2 is 1.56 bits per heavy atom. The summed E-state index contributed by atoms with van der Waals surface area (Å²) in [5.41, 5.74) is -0.335. The van der Waals surface area contributed by atoms with Crippen LogP contribution in [0.4, 0.5) is 0 Å². The van der Waals surface area contributed by atoms with Crippen LogP contribution in [0.5, 0.6) is 0 Å². The number of benzene rings is 1. The Hall–Kier alpha value is -2.19. The van der Waals surface area contributed by atoms with Gasteiger partial charge in [-0.1, -0.05) is 39.0 Å². The number of aromatic nitrogens is 1. The Labute approximate surface area is 190 Å². The minimum Gasteiger partial charge on any atom is -0.341 e. The number of sulfonamides is 1. The fourth-order valence-electron chi connectivity index (χ4n) is 5.11. The molecule has 1 aromatic carbocycles. The van der Waals surface area contributed by atoms with Crippen LogP contribution in [0.1, 0.15) is 40.0 Å². The zero-order valence-corrected chi connectivity index (χ0v) is 20.0. The van der Waals surface area contributed by atoms with Crippen molar-refractivity contribution in [3.05, 3.63) is 40.8 Å². The monoisotopic (exact) mass is 459 g/mol. The maximum atomic E-state index is 13.6. The Morgan fingerprint density at radius 1 is 0.969 bits per heavy atom. The van der Waals surface area contributed by atoms with Crippen molar-refractivity contribution in [3.63, 3.8) is 0 Å². The van der Waals surface area contributed by atoms with Gasteiger partial charge in [-0.2, -0.15) is 4.31 Å². The lowest BCUT2D eigenvalue weighted by atomic mass is 9.92. The minimum atomic E-state index is -3.78. The van der Waals surface area contributed by atoms with Gasteiger partial charge in [0.05, 0.1) is 0 Å². The zero-order valence-electron chi connectivity index (χ0n) is 19.2. The van der Waals surface area contributed by atoms with Crippen LogP contribution in [-0.2, 0) is 21.4 Å². The first-order valence-corrected chi connectivity index (χ1v) is 13.0. The van der Waals surface area contributed by atoms with Crippen molar-refractivity contribution < 1.29 is 13.2 Å². The van der Waals surface area contributed by atoms with Crippen LogP contribution in [0, 0.1) is 17.8 Å². The average molecular weight is 460 g/mol. The maximum Gasteiger partial charge on any atom is 0.258 e. The lowest BCUT2D eigenvalue weighted by Crippen LogP contribution is -2.45. The van der Waals surface area contributed by atoms with Crippen LogP contribution in [0.2, 0.25) is 0 Å². The summed E-state index contributed by atoms with van der Waals surface area (Å²) in [5, 5.41) is 0.743. The number of nitrogens with zero attached hydrogens (tertiary/aromatic N) is 3. The second-order valence-electron chi connectivity index (χ2n) is 9.80. The first-order valence-electron chi connectivity index (χ1n) is 11.6. The van der Waals surface area contributed by atoms with Gasteiger partial charge in [-0.15, -0.1) is 0 Å². The van der Waals surface area contributed by atoms with Crippen LogP contribution in [-0.4, -0.2) is 54.3 Å². The van der Waals surface area contributed by atoms with E-state index in [0.29, 0.717) is 54.7 Å². The molecule has 3 heterocycles. The Morgan fingerprint density at radius 3 is 2.19 bits per heavy atom. The molecule has 2 atom stereocenters. The third-order valence-corrected chi connectivity index (χ3v) is 8.77. The summed E-state index contributed by atoms with van der Waals surface area (Å²) in [6.45, 7) is 8.52. The summed E-state index contributed by atoms with van der Waals surface area (Å²) in [7, 11) is -3.78. The number of hydrogen-bond donors (Lipinski definition) is 0. The largest absolute Gasteiger partial charge is 0.341 e. The highest BCUT2D eigenvalue weighted by Gasteiger charge is 2.31. The zero-order chi connectivity index (χ0) is 23.0. The molecule has 0 bridgehead atoms. The van der Waals surface area contributed by atoms with Gasteiger partial charge in [-0.3, -0.25) is 9.59 Å². The van der Waals surface area contributed by atoms with Crippen LogP contribution >= 0.6 is 0 Å². The van der Waals surface area contributed by atoms with E-state index in [1.54, 1.807) is 29.2 Å². The molecular formula is C24H33N3O4S. The van der Waals surface area contributed by atoms with Crippen molar-refractivity contribution in [1.82, 2.24) is 13.8 Å². The molecule has 32 heavy (non-hydrogen) atoms. The maximum absolute atomic E-state index is 13.6. The molecule has 1 amide bonds. The van der Waals surface area contributed by atoms with Crippen molar-refractivity contribution in [2.75, 3.05) is 26.2 Å². The van der Waals surface area contributed by atoms with Crippen molar-refractivity contribution in [2.24, 2.45) is 17.8 Å². The van der Waals surface area contributed by atoms with Gasteiger partial charge in [-0.05, 0) is 43.1 Å². The van der Waals surface area contributed by atoms with E-state index in [2.05, 4.69) is 20.8 Å². The molecule has 2 saturated heterocycles. The Bertz CT molecular complexity index is 1160. The number of fused-ring (bicyclic) bond motifs is 1. The minimum absolute atomic E-state index is 0.107. The molecule has 0 unspecified atom stereocenters. The van der Waals surface area contributed by atoms with Gasteiger partial charge in [-0.25, -0.2) is 8.42 Å². The van der Waals surface area contributed by atoms with Gasteiger partial charge in [0.25, 0.3) is 5.56 Å². The summed E-state index contributed by atoms with van der Waals surface area (Å²) in [4.78, 5) is 28.1. The van der Waals surface area contributed by atoms with E-state index in [4.69, 9.17) is 0 Å². The van der Waals surface area contributed by atoms with Crippen LogP contribution in [0.15, 0.2) is 40.2 Å². The third kappa shape index (κ3) is 4.48. The fourth-order valence-corrected chi connectivity index (χ4v) is 6.79. The molecular weight excluding hydrogens is 426 g/mol. The van der Waals surface area contributed by atoms with Gasteiger partial charge in [0.1, 0.15) is 11.4 Å². The fraction of sp³-hybridized carbons (Fsp3) is 0.583. The first kappa shape index (κ1) is 23.0. The predicted molar refractivity (Wildman–Crippen MR) is 125 cm³/mol.